The zero-order valence-electron chi connectivity index (χ0n) is 11.7. The Balaban J connectivity index is 1.90. The third kappa shape index (κ3) is 2.32. The van der Waals surface area contributed by atoms with Crippen molar-refractivity contribution in [2.75, 3.05) is 0 Å². The van der Waals surface area contributed by atoms with Gasteiger partial charge in [-0.25, -0.2) is 0 Å². The number of nitrogens with zero attached hydrogens (tertiary/aromatic N) is 3. The first kappa shape index (κ1) is 13.8. The van der Waals surface area contributed by atoms with E-state index in [4.69, 9.17) is 0 Å². The summed E-state index contributed by atoms with van der Waals surface area (Å²) in [4.78, 5) is 0. The second-order valence-electron chi connectivity index (χ2n) is 5.23. The van der Waals surface area contributed by atoms with E-state index in [-0.39, 0.29) is 5.65 Å². The van der Waals surface area contributed by atoms with E-state index < -0.39 is 12.0 Å². The Morgan fingerprint density at radius 1 is 0.783 bits per heavy atom. The number of aromatic nitrogens is 3. The van der Waals surface area contributed by atoms with Gasteiger partial charge in [-0.3, -0.25) is 4.40 Å². The number of rotatable bonds is 1. The van der Waals surface area contributed by atoms with Gasteiger partial charge in [0, 0.05) is 6.20 Å². The minimum atomic E-state index is -4.54. The first-order valence-corrected chi connectivity index (χ1v) is 6.93. The van der Waals surface area contributed by atoms with Crippen LogP contribution in [-0.4, -0.2) is 14.6 Å². The van der Waals surface area contributed by atoms with Crippen molar-refractivity contribution in [2.24, 2.45) is 0 Å². The number of benzene rings is 2. The van der Waals surface area contributed by atoms with E-state index in [1.807, 2.05) is 42.5 Å². The molecule has 0 radical (unpaired) electrons. The largest absolute Gasteiger partial charge is 0.452 e. The van der Waals surface area contributed by atoms with Crippen LogP contribution in [0.5, 0.6) is 0 Å². The quantitative estimate of drug-likeness (QED) is 0.515. The predicted molar refractivity (Wildman–Crippen MR) is 80.9 cm³/mol. The molecule has 0 aliphatic heterocycles. The Labute approximate surface area is 129 Å². The van der Waals surface area contributed by atoms with E-state index in [1.54, 1.807) is 6.07 Å². The summed E-state index contributed by atoms with van der Waals surface area (Å²) in [6.07, 6.45) is -3.12. The average molecular weight is 313 g/mol. The van der Waals surface area contributed by atoms with Gasteiger partial charge in [-0.05, 0) is 40.1 Å². The minimum absolute atomic E-state index is 0.168. The van der Waals surface area contributed by atoms with Crippen molar-refractivity contribution < 1.29 is 13.2 Å². The van der Waals surface area contributed by atoms with Crippen LogP contribution in [-0.2, 0) is 6.18 Å². The van der Waals surface area contributed by atoms with Gasteiger partial charge in [-0.1, -0.05) is 36.4 Å². The van der Waals surface area contributed by atoms with E-state index >= 15 is 0 Å². The highest BCUT2D eigenvalue weighted by Gasteiger charge is 2.36. The van der Waals surface area contributed by atoms with Gasteiger partial charge in [0.15, 0.2) is 5.65 Å². The fourth-order valence-electron chi connectivity index (χ4n) is 2.62. The van der Waals surface area contributed by atoms with Gasteiger partial charge in [0.05, 0.1) is 0 Å². The molecule has 0 N–H and O–H groups in total. The maximum absolute atomic E-state index is 13.0. The topological polar surface area (TPSA) is 30.2 Å². The maximum atomic E-state index is 13.0. The summed E-state index contributed by atoms with van der Waals surface area (Å²) in [5, 5.41) is 8.92. The van der Waals surface area contributed by atoms with Crippen molar-refractivity contribution in [1.82, 2.24) is 14.6 Å². The van der Waals surface area contributed by atoms with E-state index in [0.717, 1.165) is 20.7 Å². The summed E-state index contributed by atoms with van der Waals surface area (Å²) in [5.74, 6) is -1.02. The molecule has 0 atom stereocenters. The molecule has 0 saturated heterocycles. The fraction of sp³-hybridized carbons (Fsp3) is 0.0588. The molecule has 23 heavy (non-hydrogen) atoms. The third-order valence-corrected chi connectivity index (χ3v) is 3.74. The second kappa shape index (κ2) is 4.81. The summed E-state index contributed by atoms with van der Waals surface area (Å²) >= 11 is 0. The minimum Gasteiger partial charge on any atom is -0.278 e. The summed E-state index contributed by atoms with van der Waals surface area (Å²) in [6.45, 7) is 0. The first-order valence-electron chi connectivity index (χ1n) is 6.93. The molecule has 0 aliphatic carbocycles. The van der Waals surface area contributed by atoms with Crippen LogP contribution in [0.2, 0.25) is 0 Å². The standard InChI is InChI=1S/C17H10F3N3/c18-17(19,20)16-22-21-15-8-7-14(10-23(15)16)13-6-5-11-3-1-2-4-12(11)9-13/h1-10H. The van der Waals surface area contributed by atoms with Crippen LogP contribution in [0, 0.1) is 0 Å². The molecule has 2 heterocycles. The maximum Gasteiger partial charge on any atom is 0.452 e. The molecule has 0 bridgehead atoms. The summed E-state index contributed by atoms with van der Waals surface area (Å²) in [7, 11) is 0. The van der Waals surface area contributed by atoms with E-state index in [0.29, 0.717) is 5.56 Å². The van der Waals surface area contributed by atoms with Crippen molar-refractivity contribution in [3.63, 3.8) is 0 Å². The Kier molecular flexibility index (Phi) is 2.87. The monoisotopic (exact) mass is 313 g/mol. The lowest BCUT2D eigenvalue weighted by Gasteiger charge is -2.07. The number of hydrogen-bond donors (Lipinski definition) is 0. The molecule has 2 aromatic heterocycles. The number of alkyl halides is 3. The van der Waals surface area contributed by atoms with E-state index in [1.165, 1.54) is 12.3 Å². The SMILES string of the molecule is FC(F)(F)c1nnc2ccc(-c3ccc4ccccc4c3)cn12. The Bertz CT molecular complexity index is 1020. The van der Waals surface area contributed by atoms with Crippen molar-refractivity contribution in [3.8, 4) is 11.1 Å². The molecule has 4 aromatic rings. The van der Waals surface area contributed by atoms with Gasteiger partial charge in [0.1, 0.15) is 0 Å². The van der Waals surface area contributed by atoms with Crippen molar-refractivity contribution >= 4 is 16.4 Å². The number of pyridine rings is 1. The molecule has 0 saturated carbocycles. The van der Waals surface area contributed by atoms with Crippen LogP contribution in [0.1, 0.15) is 5.82 Å². The van der Waals surface area contributed by atoms with Crippen LogP contribution in [0.3, 0.4) is 0 Å². The van der Waals surface area contributed by atoms with Crippen LogP contribution in [0.15, 0.2) is 60.8 Å². The number of fused-ring (bicyclic) bond motifs is 2. The molecule has 0 aliphatic rings. The summed E-state index contributed by atoms with van der Waals surface area (Å²) in [5.41, 5.74) is 1.68. The smallest absolute Gasteiger partial charge is 0.278 e. The number of hydrogen-bond acceptors (Lipinski definition) is 2. The first-order chi connectivity index (χ1) is 11.0. The predicted octanol–water partition coefficient (Wildman–Crippen LogP) is 4.57. The molecule has 2 aromatic carbocycles. The molecular formula is C17H10F3N3. The Morgan fingerprint density at radius 2 is 1.52 bits per heavy atom. The fourth-order valence-corrected chi connectivity index (χ4v) is 2.62. The van der Waals surface area contributed by atoms with Gasteiger partial charge in [-0.15, -0.1) is 10.2 Å². The van der Waals surface area contributed by atoms with Crippen LogP contribution in [0.25, 0.3) is 27.5 Å². The zero-order valence-corrected chi connectivity index (χ0v) is 11.7. The zero-order chi connectivity index (χ0) is 16.0. The van der Waals surface area contributed by atoms with Crippen LogP contribution in [0.4, 0.5) is 13.2 Å². The molecule has 114 valence electrons. The highest BCUT2D eigenvalue weighted by Crippen LogP contribution is 2.30. The third-order valence-electron chi connectivity index (χ3n) is 3.74. The molecule has 0 fully saturated rings. The Morgan fingerprint density at radius 3 is 2.30 bits per heavy atom. The van der Waals surface area contributed by atoms with E-state index in [2.05, 4.69) is 10.2 Å². The lowest BCUT2D eigenvalue weighted by Crippen LogP contribution is -2.10. The van der Waals surface area contributed by atoms with Crippen molar-refractivity contribution in [1.29, 1.82) is 0 Å². The van der Waals surface area contributed by atoms with Gasteiger partial charge in [0.2, 0.25) is 5.82 Å². The average Bonchev–Trinajstić information content (AvgIpc) is 2.97. The second-order valence-corrected chi connectivity index (χ2v) is 5.23. The molecule has 3 nitrogen and oxygen atoms in total. The normalized spacial score (nSPS) is 12.1. The van der Waals surface area contributed by atoms with Gasteiger partial charge >= 0.3 is 6.18 Å². The molecular weight excluding hydrogens is 303 g/mol. The van der Waals surface area contributed by atoms with Gasteiger partial charge in [0.25, 0.3) is 0 Å². The van der Waals surface area contributed by atoms with Crippen molar-refractivity contribution in [2.45, 2.75) is 6.18 Å². The highest BCUT2D eigenvalue weighted by atomic mass is 19.4. The van der Waals surface area contributed by atoms with Crippen molar-refractivity contribution in [3.05, 3.63) is 66.6 Å². The molecule has 6 heteroatoms. The Hall–Kier alpha value is -2.89. The molecule has 0 amide bonds. The highest BCUT2D eigenvalue weighted by molar-refractivity contribution is 5.87. The van der Waals surface area contributed by atoms with Gasteiger partial charge in [-0.2, -0.15) is 13.2 Å². The molecule has 0 unspecified atom stereocenters. The van der Waals surface area contributed by atoms with Gasteiger partial charge < -0.3 is 0 Å². The van der Waals surface area contributed by atoms with Crippen LogP contribution >= 0.6 is 0 Å². The molecule has 4 rings (SSSR count). The summed E-state index contributed by atoms with van der Waals surface area (Å²) < 4.78 is 39.9. The lowest BCUT2D eigenvalue weighted by atomic mass is 10.0. The molecule has 0 spiro atoms. The lowest BCUT2D eigenvalue weighted by molar-refractivity contribution is -0.145. The van der Waals surface area contributed by atoms with E-state index in [9.17, 15) is 13.2 Å². The van der Waals surface area contributed by atoms with Crippen LogP contribution < -0.4 is 0 Å². The summed E-state index contributed by atoms with van der Waals surface area (Å²) in [6, 6.07) is 16.9. The number of halogens is 3.